The number of carbonyl (C=O) groups excluding carboxylic acids is 17. The largest absolute Gasteiger partial charge is 0.394 e. The van der Waals surface area contributed by atoms with Gasteiger partial charge in [-0.1, -0.05) is 120 Å². The van der Waals surface area contributed by atoms with Crippen LogP contribution in [0.5, 0.6) is 0 Å². The average molecular weight is 1840 g/mol. The van der Waals surface area contributed by atoms with Crippen molar-refractivity contribution in [3.8, 4) is 0 Å². The summed E-state index contributed by atoms with van der Waals surface area (Å²) in [7, 11) is 3.99. The number of fused-ring (bicyclic) bond motifs is 3. The van der Waals surface area contributed by atoms with E-state index in [1.165, 1.54) is 40.6 Å². The fourth-order valence-electron chi connectivity index (χ4n) is 15.6. The molecule has 8 rings (SSSR count). The zero-order chi connectivity index (χ0) is 95.7. The minimum atomic E-state index is -1.85. The van der Waals surface area contributed by atoms with Crippen LogP contribution in [-0.2, 0) is 107 Å². The van der Waals surface area contributed by atoms with Crippen molar-refractivity contribution in [2.75, 3.05) is 65.4 Å². The van der Waals surface area contributed by atoms with Crippen LogP contribution in [0.3, 0.4) is 0 Å². The Hall–Kier alpha value is -13.5. The van der Waals surface area contributed by atoms with Crippen molar-refractivity contribution in [2.45, 2.75) is 216 Å². The summed E-state index contributed by atoms with van der Waals surface area (Å²) in [4.78, 5) is 265. The lowest BCUT2D eigenvalue weighted by molar-refractivity contribution is -0.149. The number of aromatic nitrogens is 4. The first-order chi connectivity index (χ1) is 62.5. The molecule has 13 atom stereocenters. The normalized spacial score (nSPS) is 23.5. The Bertz CT molecular complexity index is 5010. The van der Waals surface area contributed by atoms with Gasteiger partial charge in [0, 0.05) is 112 Å². The number of primary amides is 2. The van der Waals surface area contributed by atoms with Crippen LogP contribution in [0.2, 0.25) is 0 Å². The molecule has 2 fully saturated rings. The zero-order valence-corrected chi connectivity index (χ0v) is 75.7. The van der Waals surface area contributed by atoms with Crippen LogP contribution in [0, 0.1) is 11.3 Å². The summed E-state index contributed by atoms with van der Waals surface area (Å²) in [6.45, 7) is 5.86. The Morgan fingerprint density at radius 1 is 0.542 bits per heavy atom. The lowest BCUT2D eigenvalue weighted by atomic mass is 10.00. The Kier molecular flexibility index (Phi) is 39.6. The molecule has 2 saturated heterocycles. The molecule has 17 amide bonds. The summed E-state index contributed by atoms with van der Waals surface area (Å²) in [5.41, 5.74) is 20.0. The molecule has 13 unspecified atom stereocenters. The first-order valence-corrected chi connectivity index (χ1v) is 45.0. The summed E-state index contributed by atoms with van der Waals surface area (Å²) >= 11 is 0.787. The summed E-state index contributed by atoms with van der Waals surface area (Å²) < 4.78 is 0. The molecule has 0 saturated carbocycles. The van der Waals surface area contributed by atoms with Crippen LogP contribution in [-0.4, -0.2) is 295 Å². The van der Waals surface area contributed by atoms with Crippen LogP contribution in [0.1, 0.15) is 134 Å². The molecule has 131 heavy (non-hydrogen) atoms. The number of imidazole rings is 1. The number of aromatic amines is 3. The number of carbonyl (C=O) groups is 17. The van der Waals surface area contributed by atoms with Gasteiger partial charge in [-0.15, -0.1) is 11.8 Å². The predicted octanol–water partition coefficient (Wildman–Crippen LogP) is -2.48. The molecular formula is C88H124N24O18S. The van der Waals surface area contributed by atoms with Crippen molar-refractivity contribution in [2.24, 2.45) is 23.1 Å². The van der Waals surface area contributed by atoms with Gasteiger partial charge >= 0.3 is 0 Å². The molecule has 2 aliphatic heterocycles. The number of thioether (sulfide) groups is 1. The second kappa shape index (κ2) is 50.5. The van der Waals surface area contributed by atoms with E-state index in [-0.39, 0.29) is 89.6 Å². The number of nitrogens with one attached hydrogen (secondary N) is 16. The van der Waals surface area contributed by atoms with Gasteiger partial charge in [-0.05, 0) is 86.6 Å². The molecule has 0 bridgehead atoms. The maximum absolute atomic E-state index is 15.7. The first kappa shape index (κ1) is 103. The molecule has 6 aromatic rings. The highest BCUT2D eigenvalue weighted by atomic mass is 32.2. The number of nitrogens with two attached hydrogens (primary N) is 3. The molecule has 5 heterocycles. The molecule has 2 aliphatic rings. The van der Waals surface area contributed by atoms with Crippen molar-refractivity contribution < 1.29 is 86.6 Å². The number of unbranched alkanes of at least 4 members (excludes halogenated alkanes) is 2. The molecule has 3 aromatic heterocycles. The van der Waals surface area contributed by atoms with E-state index in [0.717, 1.165) is 31.4 Å². The van der Waals surface area contributed by atoms with Crippen LogP contribution in [0.4, 0.5) is 0 Å². The molecule has 0 spiro atoms. The highest BCUT2D eigenvalue weighted by Gasteiger charge is 2.44. The minimum Gasteiger partial charge on any atom is -0.394 e. The molecule has 43 heteroatoms. The van der Waals surface area contributed by atoms with Gasteiger partial charge in [0.2, 0.25) is 100 Å². The number of likely N-dealkylation sites (N-methyl/N-ethyl adjacent to an activating group) is 3. The van der Waals surface area contributed by atoms with Crippen LogP contribution in [0.25, 0.3) is 21.8 Å². The summed E-state index contributed by atoms with van der Waals surface area (Å²) in [5, 5.41) is 51.8. The van der Waals surface area contributed by atoms with Gasteiger partial charge in [0.05, 0.1) is 38.2 Å². The summed E-state index contributed by atoms with van der Waals surface area (Å²) in [5.74, 6) is -17.3. The number of benzene rings is 3. The van der Waals surface area contributed by atoms with Crippen LogP contribution >= 0.6 is 11.8 Å². The fourth-order valence-corrected chi connectivity index (χ4v) is 16.4. The zero-order valence-electron chi connectivity index (χ0n) is 74.9. The fraction of sp³-hybridized carbons (Fsp3) is 0.511. The number of guanidine groups is 1. The molecule has 23 N–H and O–H groups in total. The predicted molar refractivity (Wildman–Crippen MR) is 485 cm³/mol. The van der Waals surface area contributed by atoms with Crippen molar-refractivity contribution in [3.63, 3.8) is 0 Å². The Morgan fingerprint density at radius 3 is 1.69 bits per heavy atom. The van der Waals surface area contributed by atoms with Gasteiger partial charge in [0.1, 0.15) is 78.5 Å². The molecule has 0 aliphatic carbocycles. The third-order valence-electron chi connectivity index (χ3n) is 22.6. The van der Waals surface area contributed by atoms with E-state index >= 15 is 24.0 Å². The third kappa shape index (κ3) is 30.6. The summed E-state index contributed by atoms with van der Waals surface area (Å²) in [6, 6.07) is 2.78. The quantitative estimate of drug-likeness (QED) is 0.0152. The number of aliphatic hydroxyl groups is 1. The number of hydrogen-bond acceptors (Lipinski definition) is 21. The number of para-hydroxylation sites is 2. The Labute approximate surface area is 762 Å². The highest BCUT2D eigenvalue weighted by Crippen LogP contribution is 2.26. The molecule has 42 nitrogen and oxygen atoms in total. The average Bonchev–Trinajstić information content (AvgIpc) is 1.58. The smallest absolute Gasteiger partial charge is 0.246 e. The van der Waals surface area contributed by atoms with E-state index < -0.39 is 223 Å². The van der Waals surface area contributed by atoms with Gasteiger partial charge in [-0.3, -0.25) is 86.9 Å². The lowest BCUT2D eigenvalue weighted by Crippen LogP contribution is -2.61. The second-order valence-corrected chi connectivity index (χ2v) is 34.3. The maximum atomic E-state index is 15.7. The van der Waals surface area contributed by atoms with Gasteiger partial charge in [0.15, 0.2) is 5.96 Å². The second-order valence-electron chi connectivity index (χ2n) is 33.3. The van der Waals surface area contributed by atoms with Crippen molar-refractivity contribution in [1.29, 1.82) is 5.41 Å². The van der Waals surface area contributed by atoms with Crippen molar-refractivity contribution >= 4 is 140 Å². The standard InChI is InChI=1S/C88H124N24O18S/c1-9-11-29-68-82(125)102-59(28-20-32-94-88(91)92)77(120)108-67(76(119)97-43-72(90)115)46-131-47-74(117)101-60(35-51-22-14-13-15-23-51)78(121)99-50(5)75(118)104-65(39-71(89)114)86(129)112-33-21-31-69(112)83(126)103-62(38-54-42-93-48-98-54)80(123)105-63(34-49(3)4)84(127)109(6)44-73(116)100-61(36-52-40-95-57-26-18-16-24-55(52)57)79(122)107-66(45-113)81(124)106-64(37-53-41-96-58-27-19-17-25-56(53)58)85(128)111(8)70(30-12-10-2)87(130)110(68)7/h13-19,22-27,40-42,48-50,59-70,95-96,113H,9-12,20-21,28-39,43-47H2,1-8H3,(H2,89,114)(H2,90,115)(H,93,98)(H,97,119)(H,99,121)(H,100,116)(H,101,117)(H,102,125)(H,103,126)(H,104,118)(H,105,123)(H,106,124)(H,107,122)(H,108,120)(H4,91,92,94). The van der Waals surface area contributed by atoms with E-state index in [1.807, 2.05) is 13.8 Å². The number of aliphatic hydroxyl groups excluding tert-OH is 1. The highest BCUT2D eigenvalue weighted by molar-refractivity contribution is 8.00. The van der Waals surface area contributed by atoms with E-state index in [2.05, 4.69) is 83.7 Å². The van der Waals surface area contributed by atoms with Gasteiger partial charge in [0.25, 0.3) is 0 Å². The van der Waals surface area contributed by atoms with Gasteiger partial charge in [-0.2, -0.15) is 0 Å². The molecule has 710 valence electrons. The minimum absolute atomic E-state index is 0.00118. The monoisotopic (exact) mass is 1840 g/mol. The van der Waals surface area contributed by atoms with Crippen LogP contribution in [0.15, 0.2) is 104 Å². The van der Waals surface area contributed by atoms with E-state index in [0.29, 0.717) is 69.9 Å². The van der Waals surface area contributed by atoms with E-state index in [1.54, 1.807) is 105 Å². The van der Waals surface area contributed by atoms with Gasteiger partial charge in [-0.25, -0.2) is 4.98 Å². The maximum Gasteiger partial charge on any atom is 0.246 e. The molecule has 0 radical (unpaired) electrons. The van der Waals surface area contributed by atoms with E-state index in [4.69, 9.17) is 22.6 Å². The molecule has 3 aromatic carbocycles. The summed E-state index contributed by atoms with van der Waals surface area (Å²) in [6.07, 6.45) is 5.98. The molecular weight excluding hydrogens is 1710 g/mol. The number of hydrogen-bond donors (Lipinski definition) is 20. The number of H-pyrrole nitrogens is 3. The lowest BCUT2D eigenvalue weighted by Gasteiger charge is -2.36. The SMILES string of the molecule is CCCCC1C(=O)N(C)C(CCCC)C(=O)NC(CCCNC(=N)N)C(=O)NC(C(=O)NCC(N)=O)CSCC(=O)NC(Cc2ccccc2)C(=O)NC(C)C(=O)NC(CC(N)=O)C(=O)N2CCCC2C(=O)NC(Cc2cnc[nH]2)C(=O)NC(CC(C)C)C(=O)N(C)CC(=O)NC(Cc2c[nH]c3ccccc23)C(=O)NC(CO)C(=O)NC(Cc2c[nH]c3ccccc23)C(=O)N1C. The van der Waals surface area contributed by atoms with Gasteiger partial charge < -0.3 is 121 Å². The van der Waals surface area contributed by atoms with Crippen LogP contribution < -0.4 is 81.0 Å². The van der Waals surface area contributed by atoms with E-state index in [9.17, 15) is 62.6 Å². The number of rotatable bonds is 26. The Morgan fingerprint density at radius 2 is 1.08 bits per heavy atom. The Balaban J connectivity index is 1.17. The number of nitrogens with zero attached hydrogens (tertiary/aromatic N) is 5. The third-order valence-corrected chi connectivity index (χ3v) is 23.6. The topological polar surface area (TPSA) is 630 Å². The first-order valence-electron chi connectivity index (χ1n) is 43.8. The van der Waals surface area contributed by atoms with Crippen molar-refractivity contribution in [1.82, 2.24) is 103 Å². The van der Waals surface area contributed by atoms with Crippen molar-refractivity contribution in [3.05, 3.63) is 126 Å². The number of amides is 17.